The molecule has 2 aliphatic heterocycles. The molecule has 0 bridgehead atoms. The van der Waals surface area contributed by atoms with E-state index in [1.807, 2.05) is 7.05 Å². The number of guanidine groups is 1. The van der Waals surface area contributed by atoms with Gasteiger partial charge < -0.3 is 14.8 Å². The normalized spacial score (nSPS) is 17.0. The molecular formula is C21H28IN5. The Hall–Kier alpha value is -1.83. The summed E-state index contributed by atoms with van der Waals surface area (Å²) in [6.45, 7) is 3.72. The third-order valence-electron chi connectivity index (χ3n) is 5.25. The van der Waals surface area contributed by atoms with Crippen LogP contribution in [0, 0.1) is 0 Å². The molecule has 0 amide bonds. The first-order valence-corrected chi connectivity index (χ1v) is 9.58. The molecule has 0 unspecified atom stereocenters. The van der Waals surface area contributed by atoms with E-state index in [4.69, 9.17) is 4.98 Å². The summed E-state index contributed by atoms with van der Waals surface area (Å²) in [6, 6.07) is 10.7. The van der Waals surface area contributed by atoms with Gasteiger partial charge in [-0.2, -0.15) is 0 Å². The Bertz CT molecular complexity index is 786. The van der Waals surface area contributed by atoms with Crippen LogP contribution in [-0.2, 0) is 19.5 Å². The molecule has 0 atom stereocenters. The second-order valence-electron chi connectivity index (χ2n) is 6.99. The quantitative estimate of drug-likeness (QED) is 0.417. The zero-order valence-corrected chi connectivity index (χ0v) is 18.2. The minimum Gasteiger partial charge on any atom is -0.351 e. The first kappa shape index (κ1) is 19.9. The van der Waals surface area contributed by atoms with Crippen molar-refractivity contribution in [3.05, 3.63) is 59.7 Å². The van der Waals surface area contributed by atoms with Gasteiger partial charge in [0.15, 0.2) is 5.96 Å². The minimum absolute atomic E-state index is 0. The summed E-state index contributed by atoms with van der Waals surface area (Å²) < 4.78 is 2.30. The average molecular weight is 477 g/mol. The van der Waals surface area contributed by atoms with Crippen LogP contribution in [0.2, 0.25) is 0 Å². The Morgan fingerprint density at radius 3 is 2.70 bits per heavy atom. The van der Waals surface area contributed by atoms with Crippen LogP contribution >= 0.6 is 24.0 Å². The predicted octanol–water partition coefficient (Wildman–Crippen LogP) is 3.70. The van der Waals surface area contributed by atoms with E-state index in [-0.39, 0.29) is 24.0 Å². The van der Waals surface area contributed by atoms with Crippen molar-refractivity contribution in [2.75, 3.05) is 20.1 Å². The molecule has 0 aliphatic carbocycles. The van der Waals surface area contributed by atoms with Gasteiger partial charge in [-0.05, 0) is 30.4 Å². The molecule has 1 aromatic carbocycles. The largest absolute Gasteiger partial charge is 0.351 e. The van der Waals surface area contributed by atoms with Crippen molar-refractivity contribution in [2.24, 2.45) is 4.99 Å². The second-order valence-corrected chi connectivity index (χ2v) is 6.99. The third-order valence-corrected chi connectivity index (χ3v) is 5.25. The van der Waals surface area contributed by atoms with Gasteiger partial charge in [-0.25, -0.2) is 4.98 Å². The smallest absolute Gasteiger partial charge is 0.194 e. The van der Waals surface area contributed by atoms with Gasteiger partial charge in [-0.1, -0.05) is 36.4 Å². The Morgan fingerprint density at radius 2 is 2.00 bits per heavy atom. The highest BCUT2D eigenvalue weighted by Crippen LogP contribution is 2.22. The maximum absolute atomic E-state index is 4.77. The van der Waals surface area contributed by atoms with E-state index in [0.717, 1.165) is 50.7 Å². The highest BCUT2D eigenvalue weighted by atomic mass is 127. The average Bonchev–Trinajstić information content (AvgIpc) is 3.12. The van der Waals surface area contributed by atoms with Gasteiger partial charge in [-0.15, -0.1) is 24.0 Å². The van der Waals surface area contributed by atoms with Gasteiger partial charge in [0.05, 0.1) is 12.2 Å². The minimum atomic E-state index is 0. The molecule has 1 aromatic heterocycles. The summed E-state index contributed by atoms with van der Waals surface area (Å²) >= 11 is 0. The Balaban J connectivity index is 0.00000210. The lowest BCUT2D eigenvalue weighted by Crippen LogP contribution is -2.43. The van der Waals surface area contributed by atoms with Gasteiger partial charge in [0.2, 0.25) is 0 Å². The van der Waals surface area contributed by atoms with Crippen molar-refractivity contribution >= 4 is 35.5 Å². The van der Waals surface area contributed by atoms with Crippen LogP contribution < -0.4 is 5.32 Å². The van der Waals surface area contributed by atoms with Crippen molar-refractivity contribution < 1.29 is 0 Å². The zero-order valence-electron chi connectivity index (χ0n) is 15.9. The molecule has 5 nitrogen and oxygen atoms in total. The van der Waals surface area contributed by atoms with Crippen LogP contribution in [0.25, 0.3) is 5.57 Å². The molecule has 27 heavy (non-hydrogen) atoms. The number of hydrogen-bond acceptors (Lipinski definition) is 2. The van der Waals surface area contributed by atoms with Gasteiger partial charge in [0.25, 0.3) is 0 Å². The van der Waals surface area contributed by atoms with Crippen LogP contribution in [0.15, 0.2) is 47.6 Å². The van der Waals surface area contributed by atoms with Gasteiger partial charge in [0.1, 0.15) is 5.82 Å². The number of imidazole rings is 1. The highest BCUT2D eigenvalue weighted by molar-refractivity contribution is 14.0. The lowest BCUT2D eigenvalue weighted by Gasteiger charge is -2.29. The van der Waals surface area contributed by atoms with E-state index in [2.05, 4.69) is 62.4 Å². The number of hydrogen-bond donors (Lipinski definition) is 1. The fraction of sp³-hybridized carbons (Fsp3) is 0.429. The number of halogens is 1. The van der Waals surface area contributed by atoms with Gasteiger partial charge >= 0.3 is 0 Å². The number of nitrogens with one attached hydrogen (secondary N) is 1. The first-order chi connectivity index (χ1) is 12.8. The summed E-state index contributed by atoms with van der Waals surface area (Å²) in [5.74, 6) is 2.19. The van der Waals surface area contributed by atoms with Crippen LogP contribution in [0.4, 0.5) is 0 Å². The van der Waals surface area contributed by atoms with Crippen molar-refractivity contribution in [2.45, 2.75) is 38.8 Å². The third kappa shape index (κ3) is 4.72. The summed E-state index contributed by atoms with van der Waals surface area (Å²) in [5, 5.41) is 3.49. The van der Waals surface area contributed by atoms with Crippen molar-refractivity contribution in [1.29, 1.82) is 0 Å². The fourth-order valence-corrected chi connectivity index (χ4v) is 3.83. The Labute approximate surface area is 178 Å². The van der Waals surface area contributed by atoms with Gasteiger partial charge in [-0.3, -0.25) is 4.99 Å². The SMILES string of the molecule is CN=C(NCc1cn2c(n1)CCCC2)N1CC=C(c2ccccc2)CC1.I. The van der Waals surface area contributed by atoms with E-state index in [1.165, 1.54) is 29.8 Å². The molecule has 0 fully saturated rings. The monoisotopic (exact) mass is 477 g/mol. The van der Waals surface area contributed by atoms with E-state index < -0.39 is 0 Å². The number of aliphatic imine (C=N–C) groups is 1. The lowest BCUT2D eigenvalue weighted by molar-refractivity contribution is 0.439. The van der Waals surface area contributed by atoms with Crippen molar-refractivity contribution in [3.63, 3.8) is 0 Å². The number of nitrogens with zero attached hydrogens (tertiary/aromatic N) is 4. The molecule has 0 saturated carbocycles. The van der Waals surface area contributed by atoms with Crippen molar-refractivity contribution in [3.8, 4) is 0 Å². The molecule has 144 valence electrons. The maximum Gasteiger partial charge on any atom is 0.194 e. The standard InChI is InChI=1S/C21H27N5.HI/c1-22-21(23-15-19-16-26-12-6-5-9-20(26)24-19)25-13-10-18(11-14-25)17-7-3-2-4-8-17;/h2-4,7-8,10,16H,5-6,9,11-15H2,1H3,(H,22,23);1H. The summed E-state index contributed by atoms with van der Waals surface area (Å²) in [5.41, 5.74) is 3.87. The summed E-state index contributed by atoms with van der Waals surface area (Å²) in [4.78, 5) is 11.6. The number of benzene rings is 1. The number of aryl methyl sites for hydroxylation is 2. The van der Waals surface area contributed by atoms with E-state index in [9.17, 15) is 0 Å². The number of fused-ring (bicyclic) bond motifs is 1. The molecule has 6 heteroatoms. The molecular weight excluding hydrogens is 449 g/mol. The predicted molar refractivity (Wildman–Crippen MR) is 121 cm³/mol. The molecule has 4 rings (SSSR count). The van der Waals surface area contributed by atoms with Crippen LogP contribution in [0.5, 0.6) is 0 Å². The van der Waals surface area contributed by atoms with Crippen LogP contribution in [-0.4, -0.2) is 40.5 Å². The van der Waals surface area contributed by atoms with Crippen LogP contribution in [0.1, 0.15) is 36.3 Å². The molecule has 2 aliphatic rings. The lowest BCUT2D eigenvalue weighted by atomic mass is 10.00. The van der Waals surface area contributed by atoms with E-state index >= 15 is 0 Å². The Morgan fingerprint density at radius 1 is 1.15 bits per heavy atom. The molecule has 3 heterocycles. The fourth-order valence-electron chi connectivity index (χ4n) is 3.83. The maximum atomic E-state index is 4.77. The van der Waals surface area contributed by atoms with Crippen molar-refractivity contribution in [1.82, 2.24) is 19.8 Å². The van der Waals surface area contributed by atoms with E-state index in [1.54, 1.807) is 0 Å². The van der Waals surface area contributed by atoms with E-state index in [0.29, 0.717) is 0 Å². The number of rotatable bonds is 3. The second kappa shape index (κ2) is 9.39. The molecule has 1 N–H and O–H groups in total. The topological polar surface area (TPSA) is 45.5 Å². The Kier molecular flexibility index (Phi) is 6.93. The highest BCUT2D eigenvalue weighted by Gasteiger charge is 2.17. The first-order valence-electron chi connectivity index (χ1n) is 9.58. The molecule has 2 aromatic rings. The van der Waals surface area contributed by atoms with Gasteiger partial charge in [0, 0.05) is 39.3 Å². The van der Waals surface area contributed by atoms with Crippen LogP contribution in [0.3, 0.4) is 0 Å². The summed E-state index contributed by atoms with van der Waals surface area (Å²) in [6.07, 6.45) is 9.19. The number of aromatic nitrogens is 2. The molecule has 0 radical (unpaired) electrons. The summed E-state index contributed by atoms with van der Waals surface area (Å²) in [7, 11) is 1.86. The molecule has 0 spiro atoms. The molecule has 0 saturated heterocycles. The zero-order chi connectivity index (χ0) is 17.8.